The largest absolute Gasteiger partial charge is 0.444 e. The Morgan fingerprint density at radius 2 is 1.78 bits per heavy atom. The molecule has 11 heteroatoms. The number of para-hydroxylation sites is 1. The number of Topliss-reactive ketones (excluding diaryl/α,β-unsaturated/α-hetero) is 1. The lowest BCUT2D eigenvalue weighted by Crippen LogP contribution is -2.55. The highest BCUT2D eigenvalue weighted by atomic mass is 32.1. The molecular weight excluding hydrogens is 761 g/mol. The van der Waals surface area contributed by atoms with Gasteiger partial charge in [-0.25, -0.2) is 4.79 Å². The third-order valence-electron chi connectivity index (χ3n) is 12.2. The predicted octanol–water partition coefficient (Wildman–Crippen LogP) is 9.51. The Morgan fingerprint density at radius 3 is 2.46 bits per heavy atom. The summed E-state index contributed by atoms with van der Waals surface area (Å²) in [6.07, 6.45) is 8.81. The van der Waals surface area contributed by atoms with Crippen LogP contribution in [0.2, 0.25) is 0 Å². The van der Waals surface area contributed by atoms with Crippen molar-refractivity contribution in [1.82, 2.24) is 10.6 Å². The van der Waals surface area contributed by atoms with Crippen molar-refractivity contribution in [3.05, 3.63) is 87.6 Å². The highest BCUT2D eigenvalue weighted by Crippen LogP contribution is 2.46. The number of ketones is 1. The summed E-state index contributed by atoms with van der Waals surface area (Å²) in [6, 6.07) is 15.2. The maximum absolute atomic E-state index is 14.6. The Labute approximate surface area is 354 Å². The molecule has 2 aliphatic heterocycles. The number of hydrogen-bond acceptors (Lipinski definition) is 7. The van der Waals surface area contributed by atoms with E-state index in [2.05, 4.69) is 48.8 Å². The van der Waals surface area contributed by atoms with Gasteiger partial charge in [-0.3, -0.25) is 19.2 Å². The average molecular weight is 823 g/mol. The molecule has 1 fully saturated rings. The number of rotatable bonds is 16. The summed E-state index contributed by atoms with van der Waals surface area (Å²) in [5.41, 5.74) is 4.38. The molecule has 59 heavy (non-hydrogen) atoms. The summed E-state index contributed by atoms with van der Waals surface area (Å²) >= 11 is 1.55. The van der Waals surface area contributed by atoms with Crippen molar-refractivity contribution < 1.29 is 28.7 Å². The third kappa shape index (κ3) is 10.3. The van der Waals surface area contributed by atoms with E-state index < -0.39 is 29.2 Å². The molecule has 2 N–H and O–H groups in total. The van der Waals surface area contributed by atoms with Crippen LogP contribution in [0, 0.1) is 11.8 Å². The molecule has 4 unspecified atom stereocenters. The second-order valence-electron chi connectivity index (χ2n) is 17.9. The van der Waals surface area contributed by atoms with Crippen LogP contribution < -0.4 is 20.4 Å². The Morgan fingerprint density at radius 1 is 1.00 bits per heavy atom. The number of hydrogen-bond donors (Lipinski definition) is 2. The van der Waals surface area contributed by atoms with Gasteiger partial charge in [-0.15, -0.1) is 0 Å². The number of nitrogens with one attached hydrogen (secondary N) is 2. The minimum absolute atomic E-state index is 0.0144. The standard InChI is InChI=1S/C48H62N4O6S/c1-8-9-10-11-16-34-25-39(38-19-13-12-18-37(38)31(34)2)36(28-48(7,32(3)53)50-46(57)58-47(4,5)6)27-42(54)49-40-26-35-17-14-20-41(51-23-15-21-43(51)55)44(35)52(45(40)56)29-33-22-24-59-30-33/h12-14,17-20,22,24-25,30-31,34,36,40H,8-11,15-16,21,23,26-29H2,1-7H3,(H,49,54)(H,50,57)/t31?,34-,36?,40?,48?/m0/s1. The van der Waals surface area contributed by atoms with Gasteiger partial charge >= 0.3 is 6.09 Å². The zero-order chi connectivity index (χ0) is 42.5. The highest BCUT2D eigenvalue weighted by molar-refractivity contribution is 7.07. The molecule has 0 radical (unpaired) electrons. The van der Waals surface area contributed by atoms with E-state index in [0.717, 1.165) is 65.7 Å². The first-order chi connectivity index (χ1) is 28.1. The topological polar surface area (TPSA) is 125 Å². The molecule has 0 spiro atoms. The fourth-order valence-corrected chi connectivity index (χ4v) is 9.70. The SMILES string of the molecule is CCCCCC[C@H]1C=C(C(CC(=O)NC2Cc3cccc(N4CCCC4=O)c3N(Cc3ccsc3)C2=O)CC(C)(NC(=O)OC(C)(C)C)C(C)=O)c2ccccc2C1C. The van der Waals surface area contributed by atoms with Gasteiger partial charge in [0.05, 0.1) is 23.5 Å². The number of allylic oxidation sites excluding steroid dienone is 2. The van der Waals surface area contributed by atoms with E-state index in [-0.39, 0.29) is 54.6 Å². The Bertz CT molecular complexity index is 2050. The number of amides is 4. The molecule has 10 nitrogen and oxygen atoms in total. The molecule has 4 amide bonds. The van der Waals surface area contributed by atoms with E-state index in [1.54, 1.807) is 48.8 Å². The fourth-order valence-electron chi connectivity index (χ4n) is 9.04. The van der Waals surface area contributed by atoms with Crippen molar-refractivity contribution in [2.45, 2.75) is 142 Å². The molecule has 1 aliphatic carbocycles. The number of anilines is 2. The van der Waals surface area contributed by atoms with Crippen LogP contribution in [0.5, 0.6) is 0 Å². The van der Waals surface area contributed by atoms with Gasteiger partial charge in [0.15, 0.2) is 5.78 Å². The van der Waals surface area contributed by atoms with Crippen molar-refractivity contribution in [3.63, 3.8) is 0 Å². The van der Waals surface area contributed by atoms with E-state index in [0.29, 0.717) is 19.5 Å². The summed E-state index contributed by atoms with van der Waals surface area (Å²) in [7, 11) is 0. The molecule has 0 bridgehead atoms. The van der Waals surface area contributed by atoms with Gasteiger partial charge in [0, 0.05) is 25.8 Å². The van der Waals surface area contributed by atoms with E-state index in [9.17, 15) is 24.0 Å². The molecule has 2 aromatic carbocycles. The molecule has 3 heterocycles. The molecule has 3 aromatic rings. The second kappa shape index (κ2) is 18.7. The van der Waals surface area contributed by atoms with Crippen LogP contribution in [0.25, 0.3) is 5.57 Å². The van der Waals surface area contributed by atoms with Crippen LogP contribution >= 0.6 is 11.3 Å². The molecule has 316 valence electrons. The highest BCUT2D eigenvalue weighted by Gasteiger charge is 2.42. The molecule has 1 aromatic heterocycles. The van der Waals surface area contributed by atoms with Crippen molar-refractivity contribution in [3.8, 4) is 0 Å². The van der Waals surface area contributed by atoms with Crippen LogP contribution in [-0.2, 0) is 36.9 Å². The number of fused-ring (bicyclic) bond motifs is 2. The minimum Gasteiger partial charge on any atom is -0.444 e. The van der Waals surface area contributed by atoms with E-state index in [4.69, 9.17) is 4.74 Å². The zero-order valence-corrected chi connectivity index (χ0v) is 36.7. The molecule has 0 saturated carbocycles. The summed E-state index contributed by atoms with van der Waals surface area (Å²) < 4.78 is 5.62. The number of carbonyl (C=O) groups is 5. The van der Waals surface area contributed by atoms with Gasteiger partial charge in [-0.2, -0.15) is 11.3 Å². The van der Waals surface area contributed by atoms with Crippen LogP contribution in [0.1, 0.15) is 134 Å². The maximum Gasteiger partial charge on any atom is 0.408 e. The van der Waals surface area contributed by atoms with Gasteiger partial charge in [0.25, 0.3) is 0 Å². The van der Waals surface area contributed by atoms with E-state index >= 15 is 0 Å². The first kappa shape index (κ1) is 43.8. The lowest BCUT2D eigenvalue weighted by molar-refractivity contribution is -0.128. The number of ether oxygens (including phenoxy) is 1. The van der Waals surface area contributed by atoms with Crippen LogP contribution in [0.4, 0.5) is 16.2 Å². The Balaban J connectivity index is 1.34. The van der Waals surface area contributed by atoms with Gasteiger partial charge in [0.1, 0.15) is 11.6 Å². The number of carbonyl (C=O) groups excluding carboxylic acids is 5. The lowest BCUT2D eigenvalue weighted by Gasteiger charge is -2.38. The van der Waals surface area contributed by atoms with Crippen LogP contribution in [0.15, 0.2) is 65.4 Å². The summed E-state index contributed by atoms with van der Waals surface area (Å²) in [6.45, 7) is 13.9. The number of thiophene rings is 1. The predicted molar refractivity (Wildman–Crippen MR) is 235 cm³/mol. The quantitative estimate of drug-likeness (QED) is 0.139. The van der Waals surface area contributed by atoms with Gasteiger partial charge in [0.2, 0.25) is 17.7 Å². The van der Waals surface area contributed by atoms with Crippen LogP contribution in [0.3, 0.4) is 0 Å². The molecule has 1 saturated heterocycles. The summed E-state index contributed by atoms with van der Waals surface area (Å²) in [5, 5.41) is 10.00. The van der Waals surface area contributed by atoms with E-state index in [1.807, 2.05) is 41.1 Å². The van der Waals surface area contributed by atoms with Crippen molar-refractivity contribution in [2.24, 2.45) is 11.8 Å². The zero-order valence-electron chi connectivity index (χ0n) is 35.9. The monoisotopic (exact) mass is 822 g/mol. The molecule has 5 atom stereocenters. The maximum atomic E-state index is 14.6. The summed E-state index contributed by atoms with van der Waals surface area (Å²) in [5.74, 6) is -0.778. The third-order valence-corrected chi connectivity index (χ3v) is 13.0. The average Bonchev–Trinajstić information content (AvgIpc) is 3.86. The molecule has 6 rings (SSSR count). The Hall–Kier alpha value is -4.77. The van der Waals surface area contributed by atoms with Crippen molar-refractivity contribution in [2.75, 3.05) is 16.3 Å². The van der Waals surface area contributed by atoms with Crippen LogP contribution in [-0.4, -0.2) is 53.3 Å². The number of alkyl carbamates (subject to hydrolysis) is 1. The number of nitrogens with zero attached hydrogens (tertiary/aromatic N) is 2. The number of benzene rings is 2. The molecular formula is C48H62N4O6S. The van der Waals surface area contributed by atoms with Crippen molar-refractivity contribution >= 4 is 57.9 Å². The van der Waals surface area contributed by atoms with E-state index in [1.165, 1.54) is 18.9 Å². The minimum atomic E-state index is -1.36. The van der Waals surface area contributed by atoms with Gasteiger partial charge in [-0.1, -0.05) is 82.0 Å². The summed E-state index contributed by atoms with van der Waals surface area (Å²) in [4.78, 5) is 72.5. The van der Waals surface area contributed by atoms with Crippen molar-refractivity contribution in [1.29, 1.82) is 0 Å². The number of unbranched alkanes of at least 4 members (excludes halogenated alkanes) is 3. The first-order valence-electron chi connectivity index (χ1n) is 21.5. The first-order valence-corrected chi connectivity index (χ1v) is 22.4. The smallest absolute Gasteiger partial charge is 0.408 e. The van der Waals surface area contributed by atoms with Gasteiger partial charge in [-0.05, 0) is 122 Å². The lowest BCUT2D eigenvalue weighted by atomic mass is 9.69. The van der Waals surface area contributed by atoms with Gasteiger partial charge < -0.3 is 25.2 Å². The normalized spacial score (nSPS) is 20.6. The fraction of sp³-hybridized carbons (Fsp3) is 0.521. The Kier molecular flexibility index (Phi) is 13.8. The second-order valence-corrected chi connectivity index (χ2v) is 18.7. The molecule has 3 aliphatic rings.